The van der Waals surface area contributed by atoms with Gasteiger partial charge in [-0.1, -0.05) is 196 Å². The summed E-state index contributed by atoms with van der Waals surface area (Å²) in [7, 11) is 0. The molecule has 11 aromatic carbocycles. The van der Waals surface area contributed by atoms with E-state index in [1.807, 2.05) is 23.5 Å². The molecule has 2 heterocycles. The quantitative estimate of drug-likeness (QED) is 0.158. The molecule has 0 bridgehead atoms. The first-order chi connectivity index (χ1) is 35.9. The molecule has 15 rings (SSSR count). The maximum atomic E-state index is 6.22. The number of furan rings is 1. The number of rotatable bonds is 7. The summed E-state index contributed by atoms with van der Waals surface area (Å²) in [6, 6.07) is 92.3. The molecular weight excluding hydrogens is 903 g/mol. The van der Waals surface area contributed by atoms with Gasteiger partial charge in [0.1, 0.15) is 11.2 Å². The van der Waals surface area contributed by atoms with E-state index in [4.69, 9.17) is 4.42 Å². The predicted octanol–water partition coefficient (Wildman–Crippen LogP) is 19.4. The third-order valence-corrected chi connectivity index (χ3v) is 17.4. The van der Waals surface area contributed by atoms with Crippen LogP contribution in [0.25, 0.3) is 86.6 Å². The van der Waals surface area contributed by atoms with Crippen molar-refractivity contribution in [3.05, 3.63) is 282 Å². The van der Waals surface area contributed by atoms with Crippen LogP contribution in [0, 0.1) is 0 Å². The van der Waals surface area contributed by atoms with Gasteiger partial charge in [0.25, 0.3) is 0 Å². The number of para-hydroxylation sites is 1. The molecule has 0 radical (unpaired) electrons. The molecule has 3 heteroatoms. The molecule has 0 atom stereocenters. The van der Waals surface area contributed by atoms with Crippen molar-refractivity contribution < 1.29 is 4.42 Å². The van der Waals surface area contributed by atoms with E-state index in [1.165, 1.54) is 86.9 Å². The van der Waals surface area contributed by atoms with E-state index in [1.54, 1.807) is 0 Å². The summed E-state index contributed by atoms with van der Waals surface area (Å²) in [6.45, 7) is 4.81. The van der Waals surface area contributed by atoms with E-state index >= 15 is 0 Å². The van der Waals surface area contributed by atoms with Crippen molar-refractivity contribution in [3.63, 3.8) is 0 Å². The Morgan fingerprint density at radius 2 is 0.904 bits per heavy atom. The highest BCUT2D eigenvalue weighted by atomic mass is 32.1. The van der Waals surface area contributed by atoms with E-state index in [9.17, 15) is 0 Å². The molecule has 0 aliphatic heterocycles. The van der Waals surface area contributed by atoms with Gasteiger partial charge >= 0.3 is 0 Å². The van der Waals surface area contributed by atoms with Crippen LogP contribution in [0.4, 0.5) is 17.1 Å². The lowest BCUT2D eigenvalue weighted by atomic mass is 9.68. The van der Waals surface area contributed by atoms with Crippen LogP contribution in [0.5, 0.6) is 0 Å². The lowest BCUT2D eigenvalue weighted by Gasteiger charge is -2.34. The summed E-state index contributed by atoms with van der Waals surface area (Å²) in [5.41, 5.74) is 22.2. The molecule has 2 aliphatic rings. The third-order valence-electron chi connectivity index (χ3n) is 16.2. The number of hydrogen-bond donors (Lipinski definition) is 0. The summed E-state index contributed by atoms with van der Waals surface area (Å²) in [5.74, 6) is 0. The van der Waals surface area contributed by atoms with E-state index in [0.29, 0.717) is 0 Å². The van der Waals surface area contributed by atoms with E-state index in [2.05, 4.69) is 255 Å². The van der Waals surface area contributed by atoms with Crippen LogP contribution in [0.1, 0.15) is 47.2 Å². The summed E-state index contributed by atoms with van der Waals surface area (Å²) in [5, 5.41) is 4.92. The van der Waals surface area contributed by atoms with Crippen molar-refractivity contribution in [3.8, 4) is 44.5 Å². The average Bonchev–Trinajstić information content (AvgIpc) is 4.17. The second-order valence-corrected chi connectivity index (χ2v) is 21.4. The second kappa shape index (κ2) is 15.9. The Kier molecular flexibility index (Phi) is 9.12. The van der Waals surface area contributed by atoms with Gasteiger partial charge in [-0.3, -0.25) is 0 Å². The van der Waals surface area contributed by atoms with Gasteiger partial charge in [0.15, 0.2) is 0 Å². The van der Waals surface area contributed by atoms with Gasteiger partial charge in [0.2, 0.25) is 0 Å². The topological polar surface area (TPSA) is 16.4 Å². The number of nitrogens with zero attached hydrogens (tertiary/aromatic N) is 1. The number of fused-ring (bicyclic) bond motifs is 12. The Morgan fingerprint density at radius 1 is 0.342 bits per heavy atom. The van der Waals surface area contributed by atoms with Crippen molar-refractivity contribution in [1.29, 1.82) is 0 Å². The molecule has 2 nitrogen and oxygen atoms in total. The Hall–Kier alpha value is -8.76. The Labute approximate surface area is 428 Å². The predicted molar refractivity (Wildman–Crippen MR) is 307 cm³/mol. The lowest BCUT2D eigenvalue weighted by Crippen LogP contribution is -2.28. The van der Waals surface area contributed by atoms with E-state index < -0.39 is 5.41 Å². The minimum absolute atomic E-state index is 0.252. The van der Waals surface area contributed by atoms with Crippen LogP contribution in [0.3, 0.4) is 0 Å². The zero-order valence-corrected chi connectivity index (χ0v) is 41.3. The van der Waals surface area contributed by atoms with Crippen molar-refractivity contribution in [2.24, 2.45) is 0 Å². The van der Waals surface area contributed by atoms with Crippen molar-refractivity contribution in [2.45, 2.75) is 24.7 Å². The van der Waals surface area contributed by atoms with Crippen LogP contribution in [-0.4, -0.2) is 0 Å². The molecule has 2 aromatic heterocycles. The highest BCUT2D eigenvalue weighted by molar-refractivity contribution is 7.26. The van der Waals surface area contributed by atoms with Gasteiger partial charge in [-0.15, -0.1) is 11.3 Å². The molecule has 0 spiro atoms. The molecule has 0 saturated carbocycles. The summed E-state index contributed by atoms with van der Waals surface area (Å²) >= 11 is 1.90. The number of benzene rings is 11. The standard InChI is InChI=1S/C70H47NOS/c1-69(2)63-41-46(52-23-15-24-58-57-22-11-14-27-67(57)73-68(52)58)30-36-54(63)55-37-34-51(43-64(55)69)71(49-32-28-44(29-33-49)45-31-39-66-60(40-45)56-21-10-13-26-65(56)72-66)50-35-38-62-59(42-50)53-20-9-12-25-61(53)70(62,47-16-5-3-6-17-47)48-18-7-4-8-19-48/h3-43H,1-2H3. The molecule has 13 aromatic rings. The van der Waals surface area contributed by atoms with Gasteiger partial charge in [-0.2, -0.15) is 0 Å². The molecule has 344 valence electrons. The molecule has 0 unspecified atom stereocenters. The van der Waals surface area contributed by atoms with Crippen molar-refractivity contribution >= 4 is 70.5 Å². The van der Waals surface area contributed by atoms with Gasteiger partial charge in [-0.25, -0.2) is 0 Å². The van der Waals surface area contributed by atoms with Gasteiger partial charge in [-0.05, 0) is 145 Å². The minimum Gasteiger partial charge on any atom is -0.456 e. The summed E-state index contributed by atoms with van der Waals surface area (Å²) in [6.07, 6.45) is 0. The first kappa shape index (κ1) is 42.0. The minimum atomic E-state index is -0.481. The Morgan fingerprint density at radius 3 is 1.71 bits per heavy atom. The maximum absolute atomic E-state index is 6.22. The number of hydrogen-bond acceptors (Lipinski definition) is 3. The SMILES string of the molecule is CC1(C)c2cc(-c3cccc4c3sc3ccccc34)ccc2-c2ccc(N(c3ccc(-c4ccc5oc6ccccc6c5c4)cc3)c3ccc4c(c3)-c3ccccc3C4(c3ccccc3)c3ccccc3)cc21. The van der Waals surface area contributed by atoms with Crippen LogP contribution in [0.2, 0.25) is 0 Å². The zero-order valence-electron chi connectivity index (χ0n) is 40.4. The summed E-state index contributed by atoms with van der Waals surface area (Å²) < 4.78 is 8.89. The first-order valence-electron chi connectivity index (χ1n) is 25.3. The fourth-order valence-corrected chi connectivity index (χ4v) is 14.0. The average molecular weight is 950 g/mol. The first-order valence-corrected chi connectivity index (χ1v) is 26.1. The number of anilines is 3. The molecule has 2 aliphatic carbocycles. The summed E-state index contributed by atoms with van der Waals surface area (Å²) in [4.78, 5) is 2.47. The highest BCUT2D eigenvalue weighted by Crippen LogP contribution is 2.58. The molecular formula is C70H47NOS. The van der Waals surface area contributed by atoms with Crippen LogP contribution >= 0.6 is 11.3 Å². The van der Waals surface area contributed by atoms with Crippen LogP contribution < -0.4 is 4.90 Å². The monoisotopic (exact) mass is 949 g/mol. The molecule has 0 N–H and O–H groups in total. The van der Waals surface area contributed by atoms with Gasteiger partial charge in [0.05, 0.1) is 5.41 Å². The number of thiophene rings is 1. The van der Waals surface area contributed by atoms with Crippen molar-refractivity contribution in [2.75, 3.05) is 4.90 Å². The lowest BCUT2D eigenvalue weighted by molar-refractivity contribution is 0.660. The third kappa shape index (κ3) is 6.16. The molecule has 0 amide bonds. The smallest absolute Gasteiger partial charge is 0.135 e. The Bertz CT molecular complexity index is 4310. The second-order valence-electron chi connectivity index (χ2n) is 20.3. The van der Waals surface area contributed by atoms with Gasteiger partial charge in [0, 0.05) is 53.4 Å². The fraction of sp³-hybridized carbons (Fsp3) is 0.0571. The van der Waals surface area contributed by atoms with Gasteiger partial charge < -0.3 is 9.32 Å². The Balaban J connectivity index is 0.886. The van der Waals surface area contributed by atoms with Crippen LogP contribution in [0.15, 0.2) is 253 Å². The van der Waals surface area contributed by atoms with E-state index in [-0.39, 0.29) is 5.41 Å². The molecule has 73 heavy (non-hydrogen) atoms. The van der Waals surface area contributed by atoms with Crippen molar-refractivity contribution in [1.82, 2.24) is 0 Å². The maximum Gasteiger partial charge on any atom is 0.135 e. The molecule has 0 fully saturated rings. The highest BCUT2D eigenvalue weighted by Gasteiger charge is 2.46. The normalized spacial score (nSPS) is 13.8. The van der Waals surface area contributed by atoms with E-state index in [0.717, 1.165) is 50.1 Å². The van der Waals surface area contributed by atoms with Crippen LogP contribution in [-0.2, 0) is 10.8 Å². The molecule has 0 saturated heterocycles. The zero-order chi connectivity index (χ0) is 48.4. The largest absolute Gasteiger partial charge is 0.456 e. The fourth-order valence-electron chi connectivity index (χ4n) is 12.7.